The van der Waals surface area contributed by atoms with Crippen molar-refractivity contribution >= 4 is 38.3 Å². The van der Waals surface area contributed by atoms with Crippen molar-refractivity contribution in [2.24, 2.45) is 0 Å². The van der Waals surface area contributed by atoms with Crippen molar-refractivity contribution in [2.75, 3.05) is 57.2 Å². The first-order valence-electron chi connectivity index (χ1n) is 9.50. The summed E-state index contributed by atoms with van der Waals surface area (Å²) < 4.78 is 11.4. The summed E-state index contributed by atoms with van der Waals surface area (Å²) in [4.78, 5) is 21.4. The average Bonchev–Trinajstić information content (AvgIpc) is 3.15. The third-order valence-corrected chi connectivity index (χ3v) is 5.95. The number of methoxy groups -OCH3 is 2. The number of hydrogen-bond acceptors (Lipinski definition) is 7. The molecule has 29 heavy (non-hydrogen) atoms. The van der Waals surface area contributed by atoms with E-state index in [2.05, 4.69) is 32.2 Å². The van der Waals surface area contributed by atoms with E-state index in [1.165, 1.54) is 17.0 Å². The Labute approximate surface area is 173 Å². The Bertz CT molecular complexity index is 981. The smallest absolute Gasteiger partial charge is 0.240 e. The number of aromatic nitrogens is 1. The lowest BCUT2D eigenvalue weighted by Gasteiger charge is -2.35. The van der Waals surface area contributed by atoms with Gasteiger partial charge in [0.05, 0.1) is 31.0 Å². The topological polar surface area (TPSA) is 66.9 Å². The summed E-state index contributed by atoms with van der Waals surface area (Å²) in [5.41, 5.74) is 2.04. The highest BCUT2D eigenvalue weighted by molar-refractivity contribution is 7.22. The third-order valence-electron chi connectivity index (χ3n) is 5.02. The standard InChI is InChI=1S/C21H24N4O3S/c1-27-16-5-3-15(4-6-16)25-11-9-24(10-12-25)14-20(26)23-21-22-18-8-7-17(28-2)13-19(18)29-21/h3-8,13H,9-12,14H2,1-2H3,(H,22,23,26). The van der Waals surface area contributed by atoms with E-state index in [1.54, 1.807) is 14.2 Å². The van der Waals surface area contributed by atoms with E-state index in [0.29, 0.717) is 11.7 Å². The van der Waals surface area contributed by atoms with Crippen LogP contribution in [0.3, 0.4) is 0 Å². The molecule has 1 saturated heterocycles. The van der Waals surface area contributed by atoms with Gasteiger partial charge in [-0.25, -0.2) is 4.98 Å². The minimum absolute atomic E-state index is 0.0334. The molecule has 0 radical (unpaired) electrons. The fraction of sp³-hybridized carbons (Fsp3) is 0.333. The van der Waals surface area contributed by atoms with Crippen LogP contribution in [0.4, 0.5) is 10.8 Å². The summed E-state index contributed by atoms with van der Waals surface area (Å²) in [6.07, 6.45) is 0. The Morgan fingerprint density at radius 1 is 1.03 bits per heavy atom. The Morgan fingerprint density at radius 2 is 1.72 bits per heavy atom. The van der Waals surface area contributed by atoms with Crippen LogP contribution in [0.15, 0.2) is 42.5 Å². The fourth-order valence-corrected chi connectivity index (χ4v) is 4.31. The van der Waals surface area contributed by atoms with E-state index < -0.39 is 0 Å². The van der Waals surface area contributed by atoms with Crippen LogP contribution in [0, 0.1) is 0 Å². The van der Waals surface area contributed by atoms with Crippen LogP contribution in [0.5, 0.6) is 11.5 Å². The second-order valence-corrected chi connectivity index (χ2v) is 7.89. The summed E-state index contributed by atoms with van der Waals surface area (Å²) in [7, 11) is 3.31. The van der Waals surface area contributed by atoms with Gasteiger partial charge in [-0.05, 0) is 42.5 Å². The number of nitrogens with zero attached hydrogens (tertiary/aromatic N) is 3. The summed E-state index contributed by atoms with van der Waals surface area (Å²) in [5.74, 6) is 1.61. The molecular weight excluding hydrogens is 388 g/mol. The molecule has 3 aromatic rings. The van der Waals surface area contributed by atoms with Gasteiger partial charge in [-0.3, -0.25) is 9.69 Å². The fourth-order valence-electron chi connectivity index (χ4n) is 3.40. The van der Waals surface area contributed by atoms with Crippen LogP contribution in [0.25, 0.3) is 10.2 Å². The molecular formula is C21H24N4O3S. The van der Waals surface area contributed by atoms with E-state index in [0.717, 1.165) is 47.9 Å². The van der Waals surface area contributed by atoms with Gasteiger partial charge < -0.3 is 19.7 Å². The summed E-state index contributed by atoms with van der Waals surface area (Å²) in [6.45, 7) is 3.84. The molecule has 1 aromatic heterocycles. The second-order valence-electron chi connectivity index (χ2n) is 6.86. The zero-order valence-corrected chi connectivity index (χ0v) is 17.4. The lowest BCUT2D eigenvalue weighted by atomic mass is 10.2. The van der Waals surface area contributed by atoms with Gasteiger partial charge in [0.25, 0.3) is 0 Å². The lowest BCUT2D eigenvalue weighted by molar-refractivity contribution is -0.117. The van der Waals surface area contributed by atoms with E-state index in [9.17, 15) is 4.79 Å². The molecule has 1 fully saturated rings. The van der Waals surface area contributed by atoms with Crippen LogP contribution in [0.2, 0.25) is 0 Å². The molecule has 0 bridgehead atoms. The number of hydrogen-bond donors (Lipinski definition) is 1. The van der Waals surface area contributed by atoms with Gasteiger partial charge in [0, 0.05) is 31.9 Å². The molecule has 7 nitrogen and oxygen atoms in total. The highest BCUT2D eigenvalue weighted by Gasteiger charge is 2.20. The minimum Gasteiger partial charge on any atom is -0.497 e. The maximum absolute atomic E-state index is 12.5. The Balaban J connectivity index is 1.29. The van der Waals surface area contributed by atoms with Gasteiger partial charge in [0.1, 0.15) is 11.5 Å². The molecule has 0 aliphatic carbocycles. The largest absolute Gasteiger partial charge is 0.497 e. The minimum atomic E-state index is -0.0334. The van der Waals surface area contributed by atoms with Crippen molar-refractivity contribution in [3.05, 3.63) is 42.5 Å². The number of carbonyl (C=O) groups is 1. The van der Waals surface area contributed by atoms with Crippen molar-refractivity contribution in [3.8, 4) is 11.5 Å². The highest BCUT2D eigenvalue weighted by atomic mass is 32.1. The number of fused-ring (bicyclic) bond motifs is 1. The molecule has 1 amide bonds. The Kier molecular flexibility index (Phi) is 5.82. The first-order valence-corrected chi connectivity index (χ1v) is 10.3. The van der Waals surface area contributed by atoms with Crippen LogP contribution < -0.4 is 19.7 Å². The van der Waals surface area contributed by atoms with Gasteiger partial charge in [0.2, 0.25) is 5.91 Å². The van der Waals surface area contributed by atoms with Crippen molar-refractivity contribution in [1.82, 2.24) is 9.88 Å². The number of rotatable bonds is 6. The molecule has 1 aliphatic heterocycles. The van der Waals surface area contributed by atoms with Crippen LogP contribution in [0.1, 0.15) is 0 Å². The number of nitrogens with one attached hydrogen (secondary N) is 1. The predicted molar refractivity (Wildman–Crippen MR) is 116 cm³/mol. The molecule has 1 N–H and O–H groups in total. The average molecular weight is 413 g/mol. The summed E-state index contributed by atoms with van der Waals surface area (Å²) in [5, 5.41) is 3.55. The van der Waals surface area contributed by atoms with Gasteiger partial charge in [-0.1, -0.05) is 11.3 Å². The van der Waals surface area contributed by atoms with Gasteiger partial charge in [-0.2, -0.15) is 0 Å². The SMILES string of the molecule is COc1ccc(N2CCN(CC(=O)Nc3nc4ccc(OC)cc4s3)CC2)cc1. The number of ether oxygens (including phenoxy) is 2. The second kappa shape index (κ2) is 8.67. The molecule has 8 heteroatoms. The van der Waals surface area contributed by atoms with Crippen molar-refractivity contribution in [2.45, 2.75) is 0 Å². The van der Waals surface area contributed by atoms with E-state index in [4.69, 9.17) is 9.47 Å². The number of benzene rings is 2. The maximum Gasteiger partial charge on any atom is 0.240 e. The first kappa shape index (κ1) is 19.5. The maximum atomic E-state index is 12.5. The summed E-state index contributed by atoms with van der Waals surface area (Å²) in [6, 6.07) is 13.8. The third kappa shape index (κ3) is 4.60. The number of amides is 1. The predicted octanol–water partition coefficient (Wildman–Crippen LogP) is 3.07. The monoisotopic (exact) mass is 412 g/mol. The molecule has 4 rings (SSSR count). The normalized spacial score (nSPS) is 14.8. The molecule has 2 heterocycles. The molecule has 0 spiro atoms. The zero-order valence-electron chi connectivity index (χ0n) is 16.6. The van der Waals surface area contributed by atoms with Crippen LogP contribution >= 0.6 is 11.3 Å². The Hall–Kier alpha value is -2.84. The van der Waals surface area contributed by atoms with E-state index in [1.807, 2.05) is 30.3 Å². The van der Waals surface area contributed by atoms with Crippen molar-refractivity contribution in [3.63, 3.8) is 0 Å². The zero-order chi connectivity index (χ0) is 20.2. The lowest BCUT2D eigenvalue weighted by Crippen LogP contribution is -2.48. The molecule has 1 aliphatic rings. The first-order chi connectivity index (χ1) is 14.1. The highest BCUT2D eigenvalue weighted by Crippen LogP contribution is 2.29. The van der Waals surface area contributed by atoms with Crippen LogP contribution in [-0.4, -0.2) is 62.7 Å². The molecule has 0 saturated carbocycles. The van der Waals surface area contributed by atoms with Gasteiger partial charge in [-0.15, -0.1) is 0 Å². The number of carbonyl (C=O) groups excluding carboxylic acids is 1. The van der Waals surface area contributed by atoms with Gasteiger partial charge in [0.15, 0.2) is 5.13 Å². The quantitative estimate of drug-likeness (QED) is 0.671. The number of thiazole rings is 1. The van der Waals surface area contributed by atoms with Crippen molar-refractivity contribution in [1.29, 1.82) is 0 Å². The summed E-state index contributed by atoms with van der Waals surface area (Å²) >= 11 is 1.46. The molecule has 0 atom stereocenters. The number of anilines is 2. The Morgan fingerprint density at radius 3 is 2.41 bits per heavy atom. The van der Waals surface area contributed by atoms with Crippen molar-refractivity contribution < 1.29 is 14.3 Å². The van der Waals surface area contributed by atoms with Crippen LogP contribution in [-0.2, 0) is 4.79 Å². The van der Waals surface area contributed by atoms with E-state index in [-0.39, 0.29) is 5.91 Å². The molecule has 152 valence electrons. The van der Waals surface area contributed by atoms with Gasteiger partial charge >= 0.3 is 0 Å². The molecule has 0 unspecified atom stereocenters. The molecule has 2 aromatic carbocycles. The van der Waals surface area contributed by atoms with E-state index >= 15 is 0 Å². The number of piperazine rings is 1.